The van der Waals surface area contributed by atoms with Crippen LogP contribution in [0.1, 0.15) is 16.9 Å². The number of likely N-dealkylation sites (N-methyl/N-ethyl adjacent to an activating group) is 1. The minimum atomic E-state index is -0.0502. The molecular formula is C20H21ClN4O2. The van der Waals surface area contributed by atoms with E-state index >= 15 is 0 Å². The van der Waals surface area contributed by atoms with Gasteiger partial charge < -0.3 is 14.2 Å². The van der Waals surface area contributed by atoms with Gasteiger partial charge in [-0.2, -0.15) is 5.10 Å². The van der Waals surface area contributed by atoms with E-state index in [4.69, 9.17) is 16.0 Å². The number of carbonyl (C=O) groups is 1. The maximum Gasteiger partial charge on any atom is 0.274 e. The minimum Gasteiger partial charge on any atom is -0.463 e. The summed E-state index contributed by atoms with van der Waals surface area (Å²) >= 11 is 6.01. The lowest BCUT2D eigenvalue weighted by Gasteiger charge is -2.19. The first-order valence-electron chi connectivity index (χ1n) is 8.99. The molecule has 3 heterocycles. The molecule has 0 N–H and O–H groups in total. The van der Waals surface area contributed by atoms with E-state index in [9.17, 15) is 4.79 Å². The number of carbonyl (C=O) groups excluding carboxylic acids is 1. The normalized spacial score (nSPS) is 15.7. The number of furan rings is 1. The van der Waals surface area contributed by atoms with E-state index in [0.29, 0.717) is 23.0 Å². The van der Waals surface area contributed by atoms with Gasteiger partial charge in [-0.15, -0.1) is 0 Å². The fourth-order valence-corrected chi connectivity index (χ4v) is 3.40. The Balaban J connectivity index is 1.70. The van der Waals surface area contributed by atoms with Gasteiger partial charge >= 0.3 is 0 Å². The lowest BCUT2D eigenvalue weighted by Crippen LogP contribution is -2.34. The quantitative estimate of drug-likeness (QED) is 0.692. The highest BCUT2D eigenvalue weighted by Crippen LogP contribution is 2.26. The monoisotopic (exact) mass is 384 g/mol. The number of amides is 1. The molecule has 27 heavy (non-hydrogen) atoms. The molecule has 140 valence electrons. The number of hydrogen-bond donors (Lipinski definition) is 0. The van der Waals surface area contributed by atoms with Crippen LogP contribution in [0.25, 0.3) is 17.1 Å². The molecule has 1 aromatic carbocycles. The summed E-state index contributed by atoms with van der Waals surface area (Å²) in [6.07, 6.45) is 2.58. The van der Waals surface area contributed by atoms with Gasteiger partial charge in [-0.25, -0.2) is 4.68 Å². The highest BCUT2D eigenvalue weighted by Gasteiger charge is 2.24. The lowest BCUT2D eigenvalue weighted by molar-refractivity contribution is 0.0756. The molecule has 0 bridgehead atoms. The number of hydrogen-bond acceptors (Lipinski definition) is 4. The Kier molecular flexibility index (Phi) is 5.01. The van der Waals surface area contributed by atoms with Crippen molar-refractivity contribution < 1.29 is 9.21 Å². The van der Waals surface area contributed by atoms with Gasteiger partial charge in [0.25, 0.3) is 5.91 Å². The fourth-order valence-electron chi connectivity index (χ4n) is 3.28. The molecule has 0 aliphatic carbocycles. The smallest absolute Gasteiger partial charge is 0.274 e. The summed E-state index contributed by atoms with van der Waals surface area (Å²) in [6, 6.07) is 12.8. The van der Waals surface area contributed by atoms with Crippen LogP contribution in [-0.4, -0.2) is 58.7 Å². The van der Waals surface area contributed by atoms with Crippen LogP contribution < -0.4 is 0 Å². The van der Waals surface area contributed by atoms with Crippen molar-refractivity contribution in [1.82, 2.24) is 19.6 Å². The van der Waals surface area contributed by atoms with Crippen LogP contribution >= 0.6 is 11.6 Å². The number of aromatic nitrogens is 2. The molecule has 1 aliphatic heterocycles. The molecule has 4 rings (SSSR count). The highest BCUT2D eigenvalue weighted by atomic mass is 35.5. The van der Waals surface area contributed by atoms with Gasteiger partial charge in [-0.1, -0.05) is 11.6 Å². The second-order valence-electron chi connectivity index (χ2n) is 6.73. The third kappa shape index (κ3) is 3.77. The van der Waals surface area contributed by atoms with E-state index in [1.807, 2.05) is 29.2 Å². The summed E-state index contributed by atoms with van der Waals surface area (Å²) < 4.78 is 7.29. The van der Waals surface area contributed by atoms with Crippen molar-refractivity contribution in [3.63, 3.8) is 0 Å². The molecule has 0 radical (unpaired) electrons. The topological polar surface area (TPSA) is 54.5 Å². The Labute approximate surface area is 162 Å². The van der Waals surface area contributed by atoms with Crippen LogP contribution in [0.4, 0.5) is 0 Å². The van der Waals surface area contributed by atoms with Crippen molar-refractivity contribution in [2.75, 3.05) is 33.2 Å². The van der Waals surface area contributed by atoms with E-state index in [1.54, 1.807) is 29.1 Å². The second kappa shape index (κ2) is 7.58. The molecule has 1 fully saturated rings. The minimum absolute atomic E-state index is 0.0502. The van der Waals surface area contributed by atoms with Crippen LogP contribution in [0.3, 0.4) is 0 Å². The van der Waals surface area contributed by atoms with Crippen LogP contribution in [0, 0.1) is 0 Å². The maximum absolute atomic E-state index is 13.1. The fraction of sp³-hybridized carbons (Fsp3) is 0.300. The first kappa shape index (κ1) is 17.8. The molecule has 3 aromatic rings. The van der Waals surface area contributed by atoms with E-state index in [0.717, 1.165) is 37.4 Å². The zero-order chi connectivity index (χ0) is 18.8. The number of nitrogens with zero attached hydrogens (tertiary/aromatic N) is 4. The molecule has 1 amide bonds. The first-order valence-corrected chi connectivity index (χ1v) is 9.37. The molecule has 7 heteroatoms. The molecule has 0 unspecified atom stereocenters. The zero-order valence-electron chi connectivity index (χ0n) is 15.1. The molecule has 6 nitrogen and oxygen atoms in total. The van der Waals surface area contributed by atoms with Crippen LogP contribution in [0.15, 0.2) is 53.1 Å². The Morgan fingerprint density at radius 3 is 2.67 bits per heavy atom. The molecular weight excluding hydrogens is 364 g/mol. The Morgan fingerprint density at radius 2 is 1.93 bits per heavy atom. The average Bonchev–Trinajstić information content (AvgIpc) is 3.29. The molecule has 1 saturated heterocycles. The van der Waals surface area contributed by atoms with Gasteiger partial charge in [0.05, 0.1) is 12.0 Å². The first-order chi connectivity index (χ1) is 13.1. The third-order valence-corrected chi connectivity index (χ3v) is 5.03. The van der Waals surface area contributed by atoms with E-state index in [2.05, 4.69) is 17.0 Å². The summed E-state index contributed by atoms with van der Waals surface area (Å²) in [4.78, 5) is 17.2. The summed E-state index contributed by atoms with van der Waals surface area (Å²) in [5.41, 5.74) is 1.97. The lowest BCUT2D eigenvalue weighted by atomic mass is 10.2. The summed E-state index contributed by atoms with van der Waals surface area (Å²) in [7, 11) is 2.08. The summed E-state index contributed by atoms with van der Waals surface area (Å²) in [5.74, 6) is 0.609. The SMILES string of the molecule is CN1CCCN(C(=O)c2cc(-c3ccco3)n(-c3ccc(Cl)cc3)n2)CC1. The largest absolute Gasteiger partial charge is 0.463 e. The Bertz CT molecular complexity index is 918. The van der Waals surface area contributed by atoms with Crippen molar-refractivity contribution >= 4 is 17.5 Å². The van der Waals surface area contributed by atoms with Gasteiger partial charge in [0.2, 0.25) is 0 Å². The number of rotatable bonds is 3. The van der Waals surface area contributed by atoms with Crippen LogP contribution in [-0.2, 0) is 0 Å². The predicted molar refractivity (Wildman–Crippen MR) is 104 cm³/mol. The molecule has 2 aromatic heterocycles. The van der Waals surface area contributed by atoms with Crippen molar-refractivity contribution in [2.45, 2.75) is 6.42 Å². The molecule has 0 saturated carbocycles. The van der Waals surface area contributed by atoms with E-state index < -0.39 is 0 Å². The van der Waals surface area contributed by atoms with E-state index in [1.165, 1.54) is 0 Å². The van der Waals surface area contributed by atoms with Crippen molar-refractivity contribution in [3.05, 3.63) is 59.4 Å². The summed E-state index contributed by atoms with van der Waals surface area (Å²) in [6.45, 7) is 3.32. The van der Waals surface area contributed by atoms with Crippen LogP contribution in [0.2, 0.25) is 5.02 Å². The zero-order valence-corrected chi connectivity index (χ0v) is 15.9. The second-order valence-corrected chi connectivity index (χ2v) is 7.17. The van der Waals surface area contributed by atoms with E-state index in [-0.39, 0.29) is 5.91 Å². The number of benzene rings is 1. The predicted octanol–water partition coefficient (Wildman–Crippen LogP) is 3.56. The highest BCUT2D eigenvalue weighted by molar-refractivity contribution is 6.30. The van der Waals surface area contributed by atoms with Crippen molar-refractivity contribution in [1.29, 1.82) is 0 Å². The van der Waals surface area contributed by atoms with Crippen molar-refractivity contribution in [3.8, 4) is 17.1 Å². The Hall–Kier alpha value is -2.57. The van der Waals surface area contributed by atoms with Gasteiger partial charge in [0.15, 0.2) is 11.5 Å². The van der Waals surface area contributed by atoms with Crippen molar-refractivity contribution in [2.24, 2.45) is 0 Å². The van der Waals surface area contributed by atoms with Gasteiger partial charge in [0, 0.05) is 30.7 Å². The third-order valence-electron chi connectivity index (χ3n) is 4.78. The van der Waals surface area contributed by atoms with Gasteiger partial charge in [0.1, 0.15) is 5.69 Å². The summed E-state index contributed by atoms with van der Waals surface area (Å²) in [5, 5.41) is 5.25. The van der Waals surface area contributed by atoms with Crippen LogP contribution in [0.5, 0.6) is 0 Å². The standard InChI is InChI=1S/C20H21ClN4O2/c1-23-9-3-10-24(12-11-23)20(26)17-14-18(19-4-2-13-27-19)25(22-17)16-7-5-15(21)6-8-16/h2,4-8,13-14H,3,9-12H2,1H3. The van der Waals surface area contributed by atoms with Gasteiger partial charge in [-0.3, -0.25) is 4.79 Å². The average molecular weight is 385 g/mol. The van der Waals surface area contributed by atoms with Gasteiger partial charge in [-0.05, 0) is 56.4 Å². The molecule has 0 atom stereocenters. The maximum atomic E-state index is 13.1. The Morgan fingerprint density at radius 1 is 1.11 bits per heavy atom. The number of halogens is 1. The molecule has 1 aliphatic rings. The molecule has 0 spiro atoms.